The molecule has 15 heavy (non-hydrogen) atoms. The topological polar surface area (TPSA) is 35.5 Å². The molecule has 1 saturated heterocycles. The summed E-state index contributed by atoms with van der Waals surface area (Å²) < 4.78 is 0. The molecule has 3 unspecified atom stereocenters. The first-order valence-electron chi connectivity index (χ1n) is 6.35. The Hall–Kier alpha value is -0.120. The monoisotopic (exact) mass is 212 g/mol. The number of rotatable bonds is 3. The van der Waals surface area contributed by atoms with Crippen molar-refractivity contribution in [3.05, 3.63) is 0 Å². The lowest BCUT2D eigenvalue weighted by atomic mass is 9.98. The normalized spacial score (nSPS) is 38.4. The highest BCUT2D eigenvalue weighted by Gasteiger charge is 2.26. The van der Waals surface area contributed by atoms with Gasteiger partial charge in [-0.1, -0.05) is 0 Å². The van der Waals surface area contributed by atoms with Crippen LogP contribution >= 0.6 is 0 Å². The van der Waals surface area contributed by atoms with Gasteiger partial charge in [0.05, 0.1) is 6.10 Å². The molecular weight excluding hydrogens is 188 g/mol. The van der Waals surface area contributed by atoms with Crippen molar-refractivity contribution in [2.75, 3.05) is 26.7 Å². The lowest BCUT2D eigenvalue weighted by Crippen LogP contribution is -2.42. The maximum Gasteiger partial charge on any atom is 0.0693 e. The Kier molecular flexibility index (Phi) is 4.00. The highest BCUT2D eigenvalue weighted by atomic mass is 16.3. The van der Waals surface area contributed by atoms with Gasteiger partial charge in [-0.15, -0.1) is 0 Å². The van der Waals surface area contributed by atoms with Crippen LogP contribution in [-0.4, -0.2) is 48.8 Å². The molecule has 1 aliphatic carbocycles. The van der Waals surface area contributed by atoms with Crippen molar-refractivity contribution in [1.29, 1.82) is 0 Å². The zero-order valence-electron chi connectivity index (χ0n) is 9.78. The summed E-state index contributed by atoms with van der Waals surface area (Å²) in [6.45, 7) is 3.56. The molecule has 3 atom stereocenters. The summed E-state index contributed by atoms with van der Waals surface area (Å²) >= 11 is 0. The predicted octanol–water partition coefficient (Wildman–Crippen LogP) is 0.831. The lowest BCUT2D eigenvalue weighted by molar-refractivity contribution is 0.139. The third-order valence-electron chi connectivity index (χ3n) is 3.87. The van der Waals surface area contributed by atoms with Gasteiger partial charge in [0.2, 0.25) is 0 Å². The van der Waals surface area contributed by atoms with Gasteiger partial charge in [0, 0.05) is 12.6 Å². The average Bonchev–Trinajstić information content (AvgIpc) is 2.61. The number of hydrogen-bond acceptors (Lipinski definition) is 3. The Labute approximate surface area is 92.8 Å². The second-order valence-electron chi connectivity index (χ2n) is 5.28. The van der Waals surface area contributed by atoms with Crippen molar-refractivity contribution in [2.45, 2.75) is 44.2 Å². The molecule has 0 aromatic carbocycles. The highest BCUT2D eigenvalue weighted by Crippen LogP contribution is 2.20. The van der Waals surface area contributed by atoms with Crippen LogP contribution in [0, 0.1) is 5.92 Å². The number of likely N-dealkylation sites (tertiary alicyclic amines) is 1. The molecule has 1 saturated carbocycles. The van der Waals surface area contributed by atoms with E-state index in [9.17, 15) is 5.11 Å². The van der Waals surface area contributed by atoms with Gasteiger partial charge in [0.15, 0.2) is 0 Å². The summed E-state index contributed by atoms with van der Waals surface area (Å²) in [4.78, 5) is 2.42. The first-order valence-corrected chi connectivity index (χ1v) is 6.35. The van der Waals surface area contributed by atoms with Crippen LogP contribution in [0.4, 0.5) is 0 Å². The summed E-state index contributed by atoms with van der Waals surface area (Å²) in [6, 6.07) is 0.372. The molecule has 2 N–H and O–H groups in total. The van der Waals surface area contributed by atoms with Gasteiger partial charge in [-0.25, -0.2) is 0 Å². The van der Waals surface area contributed by atoms with Crippen LogP contribution < -0.4 is 5.32 Å². The van der Waals surface area contributed by atoms with Crippen LogP contribution in [0.5, 0.6) is 0 Å². The molecule has 0 spiro atoms. The van der Waals surface area contributed by atoms with Gasteiger partial charge in [-0.05, 0) is 58.2 Å². The van der Waals surface area contributed by atoms with Crippen molar-refractivity contribution in [2.24, 2.45) is 5.92 Å². The molecule has 2 aliphatic rings. The molecule has 1 aliphatic heterocycles. The van der Waals surface area contributed by atoms with E-state index in [1.54, 1.807) is 0 Å². The largest absolute Gasteiger partial charge is 0.392 e. The van der Waals surface area contributed by atoms with E-state index < -0.39 is 0 Å². The molecule has 1 heterocycles. The van der Waals surface area contributed by atoms with Gasteiger partial charge in [-0.2, -0.15) is 0 Å². The van der Waals surface area contributed by atoms with Crippen LogP contribution in [-0.2, 0) is 0 Å². The fraction of sp³-hybridized carbons (Fsp3) is 1.00. The number of nitrogens with one attached hydrogen (secondary N) is 1. The van der Waals surface area contributed by atoms with Crippen LogP contribution in [0.25, 0.3) is 0 Å². The van der Waals surface area contributed by atoms with Gasteiger partial charge >= 0.3 is 0 Å². The van der Waals surface area contributed by atoms with Gasteiger partial charge in [0.25, 0.3) is 0 Å². The summed E-state index contributed by atoms with van der Waals surface area (Å²) in [5, 5.41) is 13.2. The van der Waals surface area contributed by atoms with E-state index in [1.165, 1.54) is 32.4 Å². The minimum absolute atomic E-state index is 0.0914. The first-order chi connectivity index (χ1) is 7.25. The number of nitrogens with zero attached hydrogens (tertiary/aromatic N) is 1. The third kappa shape index (κ3) is 3.16. The molecule has 0 aromatic rings. The Balaban J connectivity index is 1.68. The standard InChI is InChI=1S/C12H24N2O/c1-14-7-3-4-10(9-14)8-13-11-5-2-6-12(11)15/h10-13,15H,2-9H2,1H3. The summed E-state index contributed by atoms with van der Waals surface area (Å²) in [5.74, 6) is 0.788. The molecule has 2 fully saturated rings. The Morgan fingerprint density at radius 3 is 2.80 bits per heavy atom. The fourth-order valence-corrected chi connectivity index (χ4v) is 2.94. The second kappa shape index (κ2) is 5.28. The van der Waals surface area contributed by atoms with Crippen LogP contribution in [0.1, 0.15) is 32.1 Å². The van der Waals surface area contributed by atoms with Crippen molar-refractivity contribution in [1.82, 2.24) is 10.2 Å². The zero-order chi connectivity index (χ0) is 10.7. The smallest absolute Gasteiger partial charge is 0.0693 e. The second-order valence-corrected chi connectivity index (χ2v) is 5.28. The molecule has 0 aromatic heterocycles. The molecular formula is C12H24N2O. The maximum absolute atomic E-state index is 9.70. The first kappa shape index (κ1) is 11.4. The van der Waals surface area contributed by atoms with E-state index in [4.69, 9.17) is 0 Å². The average molecular weight is 212 g/mol. The van der Waals surface area contributed by atoms with Crippen LogP contribution in [0.15, 0.2) is 0 Å². The molecule has 0 radical (unpaired) electrons. The summed E-state index contributed by atoms with van der Waals surface area (Å²) in [7, 11) is 2.20. The minimum Gasteiger partial charge on any atom is -0.392 e. The predicted molar refractivity (Wildman–Crippen MR) is 61.9 cm³/mol. The van der Waals surface area contributed by atoms with E-state index in [2.05, 4.69) is 17.3 Å². The fourth-order valence-electron chi connectivity index (χ4n) is 2.94. The molecule has 2 rings (SSSR count). The molecule has 3 heteroatoms. The van der Waals surface area contributed by atoms with E-state index in [0.717, 1.165) is 25.3 Å². The van der Waals surface area contributed by atoms with E-state index >= 15 is 0 Å². The molecule has 0 bridgehead atoms. The zero-order valence-corrected chi connectivity index (χ0v) is 9.78. The Bertz CT molecular complexity index is 198. The summed E-state index contributed by atoms with van der Waals surface area (Å²) in [6.07, 6.45) is 5.91. The molecule has 3 nitrogen and oxygen atoms in total. The number of aliphatic hydroxyl groups excluding tert-OH is 1. The van der Waals surface area contributed by atoms with Crippen LogP contribution in [0.3, 0.4) is 0 Å². The van der Waals surface area contributed by atoms with E-state index in [0.29, 0.717) is 6.04 Å². The van der Waals surface area contributed by atoms with Gasteiger partial charge in [-0.3, -0.25) is 0 Å². The summed E-state index contributed by atoms with van der Waals surface area (Å²) in [5.41, 5.74) is 0. The maximum atomic E-state index is 9.70. The third-order valence-corrected chi connectivity index (χ3v) is 3.87. The van der Waals surface area contributed by atoms with Crippen molar-refractivity contribution in [3.8, 4) is 0 Å². The van der Waals surface area contributed by atoms with E-state index in [-0.39, 0.29) is 6.10 Å². The van der Waals surface area contributed by atoms with Gasteiger partial charge < -0.3 is 15.3 Å². The number of aliphatic hydroxyl groups is 1. The van der Waals surface area contributed by atoms with Crippen molar-refractivity contribution >= 4 is 0 Å². The Morgan fingerprint density at radius 2 is 2.13 bits per heavy atom. The quantitative estimate of drug-likeness (QED) is 0.727. The highest BCUT2D eigenvalue weighted by molar-refractivity contribution is 4.84. The van der Waals surface area contributed by atoms with Crippen molar-refractivity contribution < 1.29 is 5.11 Å². The minimum atomic E-state index is -0.0914. The van der Waals surface area contributed by atoms with Gasteiger partial charge in [0.1, 0.15) is 0 Å². The van der Waals surface area contributed by atoms with E-state index in [1.807, 2.05) is 0 Å². The van der Waals surface area contributed by atoms with Crippen molar-refractivity contribution in [3.63, 3.8) is 0 Å². The van der Waals surface area contributed by atoms with Crippen LogP contribution in [0.2, 0.25) is 0 Å². The SMILES string of the molecule is CN1CCCC(CNC2CCCC2O)C1. The lowest BCUT2D eigenvalue weighted by Gasteiger charge is -2.31. The molecule has 0 amide bonds. The number of hydrogen-bond donors (Lipinski definition) is 2. The molecule has 88 valence electrons. The Morgan fingerprint density at radius 1 is 1.27 bits per heavy atom. The number of piperidine rings is 1.